The first-order chi connectivity index (χ1) is 16.7. The Morgan fingerprint density at radius 3 is 2.31 bits per heavy atom. The number of amides is 3. The largest absolute Gasteiger partial charge is 0.416 e. The van der Waals surface area contributed by atoms with Crippen LogP contribution in [0.1, 0.15) is 22.3 Å². The Labute approximate surface area is 198 Å². The van der Waals surface area contributed by atoms with Crippen LogP contribution in [0.5, 0.6) is 0 Å². The zero-order valence-electron chi connectivity index (χ0n) is 18.4. The van der Waals surface area contributed by atoms with Crippen molar-refractivity contribution < 1.29 is 27.2 Å². The molecule has 3 aromatic rings. The number of benzene rings is 3. The van der Waals surface area contributed by atoms with Crippen LogP contribution >= 0.6 is 0 Å². The van der Waals surface area contributed by atoms with Gasteiger partial charge in [-0.05, 0) is 29.8 Å². The van der Waals surface area contributed by atoms with E-state index in [0.29, 0.717) is 11.3 Å². The molecule has 0 fully saturated rings. The van der Waals surface area contributed by atoms with Crippen molar-refractivity contribution in [3.63, 3.8) is 0 Å². The molecular formula is C25H20F4N4O2. The predicted molar refractivity (Wildman–Crippen MR) is 122 cm³/mol. The number of halogens is 4. The zero-order valence-corrected chi connectivity index (χ0v) is 18.4. The molecule has 1 atom stereocenters. The minimum atomic E-state index is -4.58. The van der Waals surface area contributed by atoms with E-state index >= 15 is 0 Å². The van der Waals surface area contributed by atoms with Crippen molar-refractivity contribution in [2.45, 2.75) is 18.9 Å². The topological polar surface area (TPSA) is 73.8 Å². The highest BCUT2D eigenvalue weighted by atomic mass is 19.4. The normalized spacial score (nSPS) is 15.7. The molecule has 1 aliphatic rings. The third kappa shape index (κ3) is 5.01. The lowest BCUT2D eigenvalue weighted by Gasteiger charge is -2.21. The third-order valence-corrected chi connectivity index (χ3v) is 5.50. The van der Waals surface area contributed by atoms with Crippen LogP contribution in [0, 0.1) is 5.82 Å². The fraction of sp³-hybridized carbons (Fsp3) is 0.160. The minimum absolute atomic E-state index is 0.134. The number of alkyl halides is 3. The summed E-state index contributed by atoms with van der Waals surface area (Å²) in [5.41, 5.74) is 0.224. The zero-order chi connectivity index (χ0) is 25.2. The summed E-state index contributed by atoms with van der Waals surface area (Å²) in [7, 11) is 1.49. The molecule has 3 amide bonds. The lowest BCUT2D eigenvalue weighted by atomic mass is 10.00. The number of nitrogens with one attached hydrogen (secondary N) is 2. The molecule has 6 nitrogen and oxygen atoms in total. The summed E-state index contributed by atoms with van der Waals surface area (Å²) in [6.45, 7) is -0.428. The second-order valence-corrected chi connectivity index (χ2v) is 7.76. The van der Waals surface area contributed by atoms with Crippen LogP contribution in [0.3, 0.4) is 0 Å². The van der Waals surface area contributed by atoms with Gasteiger partial charge < -0.3 is 15.5 Å². The summed E-state index contributed by atoms with van der Waals surface area (Å²) in [5.74, 6) is -1.17. The van der Waals surface area contributed by atoms with E-state index in [2.05, 4.69) is 15.6 Å². The van der Waals surface area contributed by atoms with Gasteiger partial charge in [0.1, 0.15) is 5.82 Å². The Bertz CT molecular complexity index is 1310. The van der Waals surface area contributed by atoms with E-state index in [1.807, 2.05) is 0 Å². The molecule has 0 aromatic heterocycles. The van der Waals surface area contributed by atoms with Crippen molar-refractivity contribution in [3.05, 3.63) is 101 Å². The van der Waals surface area contributed by atoms with Gasteiger partial charge in [-0.25, -0.2) is 14.2 Å². The smallest absolute Gasteiger partial charge is 0.334 e. The van der Waals surface area contributed by atoms with E-state index in [-0.39, 0.29) is 16.8 Å². The molecule has 4 rings (SSSR count). The van der Waals surface area contributed by atoms with Crippen LogP contribution < -0.4 is 15.5 Å². The molecule has 1 heterocycles. The Morgan fingerprint density at radius 1 is 0.971 bits per heavy atom. The number of likely N-dealkylation sites (N-methyl/N-ethyl adjacent to an activating group) is 1. The van der Waals surface area contributed by atoms with Crippen molar-refractivity contribution in [1.29, 1.82) is 0 Å². The Morgan fingerprint density at radius 2 is 1.60 bits per heavy atom. The van der Waals surface area contributed by atoms with Crippen LogP contribution in [0.4, 0.5) is 28.0 Å². The first kappa shape index (κ1) is 23.9. The van der Waals surface area contributed by atoms with Crippen molar-refractivity contribution in [3.8, 4) is 0 Å². The van der Waals surface area contributed by atoms with Crippen LogP contribution in [0.2, 0.25) is 0 Å². The summed E-state index contributed by atoms with van der Waals surface area (Å²) in [5, 5.41) is 4.73. The fourth-order valence-corrected chi connectivity index (χ4v) is 3.79. The number of nitrogens with zero attached hydrogens (tertiary/aromatic N) is 2. The molecule has 0 radical (unpaired) electrons. The maximum absolute atomic E-state index is 14.7. The first-order valence-electron chi connectivity index (χ1n) is 10.6. The van der Waals surface area contributed by atoms with E-state index in [1.165, 1.54) is 48.3 Å². The number of fused-ring (bicyclic) bond motifs is 1. The number of hydrogen-bond acceptors (Lipinski definition) is 3. The standard InChI is InChI=1S/C25H20F4N4O2/c1-33-20-13-7-4-10-17(20)21(16-9-3-6-12-19(16)26)31-22(23(33)34)32-24(35)30-14-15-8-2-5-11-18(15)25(27,28)29/h2-13,22H,14H2,1H3,(H2,30,32,35). The number of aliphatic imine (C=N–C) groups is 1. The van der Waals surface area contributed by atoms with Crippen LogP contribution in [-0.2, 0) is 17.5 Å². The maximum Gasteiger partial charge on any atom is 0.416 e. The molecule has 3 aromatic carbocycles. The van der Waals surface area contributed by atoms with E-state index in [1.54, 1.807) is 30.3 Å². The van der Waals surface area contributed by atoms with Gasteiger partial charge in [-0.3, -0.25) is 4.79 Å². The number of rotatable bonds is 4. The number of para-hydroxylation sites is 1. The number of carbonyl (C=O) groups is 2. The van der Waals surface area contributed by atoms with Crippen molar-refractivity contribution in [1.82, 2.24) is 10.6 Å². The quantitative estimate of drug-likeness (QED) is 0.536. The number of benzodiazepines with no additional fused rings is 1. The van der Waals surface area contributed by atoms with E-state index < -0.39 is 42.2 Å². The highest BCUT2D eigenvalue weighted by Crippen LogP contribution is 2.32. The molecule has 0 spiro atoms. The van der Waals surface area contributed by atoms with E-state index in [9.17, 15) is 27.2 Å². The second kappa shape index (κ2) is 9.57. The van der Waals surface area contributed by atoms with Gasteiger partial charge in [0, 0.05) is 24.7 Å². The van der Waals surface area contributed by atoms with Gasteiger partial charge in [-0.1, -0.05) is 48.5 Å². The summed E-state index contributed by atoms with van der Waals surface area (Å²) >= 11 is 0. The molecule has 0 bridgehead atoms. The summed E-state index contributed by atoms with van der Waals surface area (Å²) in [4.78, 5) is 31.3. The third-order valence-electron chi connectivity index (χ3n) is 5.50. The number of carbonyl (C=O) groups excluding carboxylic acids is 2. The summed E-state index contributed by atoms with van der Waals surface area (Å²) < 4.78 is 54.3. The molecule has 180 valence electrons. The Hall–Kier alpha value is -4.21. The first-order valence-corrected chi connectivity index (χ1v) is 10.6. The SMILES string of the molecule is CN1C(=O)C(NC(=O)NCc2ccccc2C(F)(F)F)N=C(c2ccccc2F)c2ccccc21. The van der Waals surface area contributed by atoms with Gasteiger partial charge >= 0.3 is 12.2 Å². The van der Waals surface area contributed by atoms with Gasteiger partial charge in [-0.2, -0.15) is 13.2 Å². The lowest BCUT2D eigenvalue weighted by molar-refractivity contribution is -0.138. The van der Waals surface area contributed by atoms with Gasteiger partial charge in [0.15, 0.2) is 0 Å². The lowest BCUT2D eigenvalue weighted by Crippen LogP contribution is -2.49. The average molecular weight is 484 g/mol. The predicted octanol–water partition coefficient (Wildman–Crippen LogP) is 4.48. The highest BCUT2D eigenvalue weighted by molar-refractivity contribution is 6.20. The van der Waals surface area contributed by atoms with Crippen molar-refractivity contribution in [2.24, 2.45) is 4.99 Å². The summed E-state index contributed by atoms with van der Waals surface area (Å²) in [6.07, 6.45) is -6.03. The van der Waals surface area contributed by atoms with Gasteiger partial charge in [0.2, 0.25) is 6.17 Å². The second-order valence-electron chi connectivity index (χ2n) is 7.76. The van der Waals surface area contributed by atoms with Gasteiger partial charge in [0.05, 0.1) is 17.0 Å². The average Bonchev–Trinajstić information content (AvgIpc) is 2.93. The van der Waals surface area contributed by atoms with Crippen molar-refractivity contribution in [2.75, 3.05) is 11.9 Å². The Balaban J connectivity index is 1.62. The van der Waals surface area contributed by atoms with Crippen LogP contribution in [0.15, 0.2) is 77.8 Å². The fourth-order valence-electron chi connectivity index (χ4n) is 3.79. The Kier molecular flexibility index (Phi) is 6.54. The molecule has 1 unspecified atom stereocenters. The summed E-state index contributed by atoms with van der Waals surface area (Å²) in [6, 6.07) is 16.6. The molecule has 0 saturated heterocycles. The highest BCUT2D eigenvalue weighted by Gasteiger charge is 2.34. The minimum Gasteiger partial charge on any atom is -0.334 e. The number of hydrogen-bond donors (Lipinski definition) is 2. The molecule has 2 N–H and O–H groups in total. The molecule has 0 aliphatic carbocycles. The van der Waals surface area contributed by atoms with Crippen LogP contribution in [0.25, 0.3) is 0 Å². The maximum atomic E-state index is 14.7. The number of anilines is 1. The molecule has 35 heavy (non-hydrogen) atoms. The van der Waals surface area contributed by atoms with E-state index in [0.717, 1.165) is 6.07 Å². The molecule has 0 saturated carbocycles. The van der Waals surface area contributed by atoms with Gasteiger partial charge in [-0.15, -0.1) is 0 Å². The molecule has 1 aliphatic heterocycles. The molecular weight excluding hydrogens is 464 g/mol. The van der Waals surface area contributed by atoms with E-state index in [4.69, 9.17) is 0 Å². The monoisotopic (exact) mass is 484 g/mol. The van der Waals surface area contributed by atoms with Crippen LogP contribution in [-0.4, -0.2) is 30.9 Å². The van der Waals surface area contributed by atoms with Gasteiger partial charge in [0.25, 0.3) is 5.91 Å². The molecule has 10 heteroatoms. The number of urea groups is 1. The van der Waals surface area contributed by atoms with Crippen molar-refractivity contribution >= 4 is 23.3 Å².